The molecule has 1 aromatic heterocycles. The van der Waals surface area contributed by atoms with Gasteiger partial charge in [0.1, 0.15) is 22.1 Å². The molecule has 5 N–H and O–H groups in total. The molecule has 33 heavy (non-hydrogen) atoms. The highest BCUT2D eigenvalue weighted by molar-refractivity contribution is 7.92. The topological polar surface area (TPSA) is 121 Å². The number of sulfonamides is 1. The van der Waals surface area contributed by atoms with Gasteiger partial charge in [-0.25, -0.2) is 8.42 Å². The van der Waals surface area contributed by atoms with E-state index in [0.29, 0.717) is 28.9 Å². The zero-order valence-corrected chi connectivity index (χ0v) is 18.7. The number of amidine groups is 1. The van der Waals surface area contributed by atoms with Crippen LogP contribution < -0.4 is 15.8 Å². The van der Waals surface area contributed by atoms with Crippen molar-refractivity contribution in [1.82, 2.24) is 0 Å². The minimum atomic E-state index is -3.76. The molecule has 1 aliphatic heterocycles. The molecule has 3 aromatic carbocycles. The quantitative estimate of drug-likeness (QED) is 0.250. The summed E-state index contributed by atoms with van der Waals surface area (Å²) in [4.78, 5) is 0.258. The van der Waals surface area contributed by atoms with Gasteiger partial charge in [0.2, 0.25) is 0 Å². The van der Waals surface area contributed by atoms with E-state index < -0.39 is 10.0 Å². The fourth-order valence-corrected chi connectivity index (χ4v) is 5.43. The molecule has 0 unspecified atom stereocenters. The van der Waals surface area contributed by atoms with E-state index in [1.54, 1.807) is 24.3 Å². The number of benzene rings is 3. The molecule has 7 nitrogen and oxygen atoms in total. The molecule has 168 valence electrons. The number of hydrogen-bond donors (Lipinski definition) is 4. The predicted octanol–water partition coefficient (Wildman–Crippen LogP) is 4.47. The van der Waals surface area contributed by atoms with Gasteiger partial charge >= 0.3 is 0 Å². The van der Waals surface area contributed by atoms with Crippen LogP contribution in [0.15, 0.2) is 76.0 Å². The summed E-state index contributed by atoms with van der Waals surface area (Å²) in [5.74, 6) is 0.800. The number of furan rings is 1. The van der Waals surface area contributed by atoms with Crippen LogP contribution in [0.3, 0.4) is 0 Å². The summed E-state index contributed by atoms with van der Waals surface area (Å²) >= 11 is 0. The number of nitrogen functional groups attached to an aromatic ring is 1. The number of para-hydroxylation sites is 1. The minimum Gasteiger partial charge on any atom is -0.461 e. The Bertz CT molecular complexity index is 1460. The van der Waals surface area contributed by atoms with Gasteiger partial charge in [-0.2, -0.15) is 0 Å². The molecule has 0 amide bonds. The van der Waals surface area contributed by atoms with Gasteiger partial charge in [-0.05, 0) is 48.2 Å². The molecule has 0 aliphatic carbocycles. The van der Waals surface area contributed by atoms with Crippen LogP contribution >= 0.6 is 0 Å². The minimum absolute atomic E-state index is 0.0343. The summed E-state index contributed by atoms with van der Waals surface area (Å²) < 4.78 is 34.9. The average Bonchev–Trinajstić information content (AvgIpc) is 3.20. The molecule has 0 bridgehead atoms. The van der Waals surface area contributed by atoms with E-state index in [-0.39, 0.29) is 10.7 Å². The Morgan fingerprint density at radius 3 is 2.70 bits per heavy atom. The van der Waals surface area contributed by atoms with Crippen LogP contribution in [-0.4, -0.2) is 20.8 Å². The first-order valence-electron chi connectivity index (χ1n) is 10.7. The predicted molar refractivity (Wildman–Crippen MR) is 131 cm³/mol. The molecule has 4 aromatic rings. The third-order valence-electron chi connectivity index (χ3n) is 5.79. The van der Waals surface area contributed by atoms with Gasteiger partial charge in [0.25, 0.3) is 10.0 Å². The number of rotatable bonds is 6. The van der Waals surface area contributed by atoms with Gasteiger partial charge in [0.15, 0.2) is 0 Å². The Morgan fingerprint density at radius 1 is 1.09 bits per heavy atom. The SMILES string of the molecule is N=C(N)c1ccc(Cc2cc3ccc(NS(=O)(=O)c4cccc5c4NCCC5)cc3o2)cc1. The monoisotopic (exact) mass is 460 g/mol. The van der Waals surface area contributed by atoms with Crippen LogP contribution in [0.4, 0.5) is 11.4 Å². The van der Waals surface area contributed by atoms with Crippen LogP contribution in [0.25, 0.3) is 11.0 Å². The average molecular weight is 461 g/mol. The zero-order chi connectivity index (χ0) is 23.0. The van der Waals surface area contributed by atoms with E-state index in [9.17, 15) is 8.42 Å². The summed E-state index contributed by atoms with van der Waals surface area (Å²) in [6.45, 7) is 0.762. The second-order valence-corrected chi connectivity index (χ2v) is 9.83. The van der Waals surface area contributed by atoms with Gasteiger partial charge in [-0.15, -0.1) is 0 Å². The van der Waals surface area contributed by atoms with E-state index in [2.05, 4.69) is 10.0 Å². The Morgan fingerprint density at radius 2 is 1.91 bits per heavy atom. The lowest BCUT2D eigenvalue weighted by atomic mass is 10.0. The van der Waals surface area contributed by atoms with E-state index in [4.69, 9.17) is 15.6 Å². The van der Waals surface area contributed by atoms with Gasteiger partial charge < -0.3 is 15.5 Å². The second kappa shape index (κ2) is 8.29. The largest absolute Gasteiger partial charge is 0.461 e. The third kappa shape index (κ3) is 4.29. The van der Waals surface area contributed by atoms with Crippen molar-refractivity contribution < 1.29 is 12.8 Å². The fourth-order valence-electron chi connectivity index (χ4n) is 4.15. The molecule has 5 rings (SSSR count). The maximum absolute atomic E-state index is 13.1. The Kier molecular flexibility index (Phi) is 5.30. The first kappa shape index (κ1) is 21.1. The molecule has 8 heteroatoms. The summed E-state index contributed by atoms with van der Waals surface area (Å²) in [7, 11) is -3.76. The van der Waals surface area contributed by atoms with Crippen molar-refractivity contribution in [2.75, 3.05) is 16.6 Å². The summed E-state index contributed by atoms with van der Waals surface area (Å²) in [5.41, 5.74) is 9.98. The molecule has 0 saturated carbocycles. The van der Waals surface area contributed by atoms with Crippen molar-refractivity contribution in [3.63, 3.8) is 0 Å². The molecule has 0 atom stereocenters. The molecule has 0 spiro atoms. The van der Waals surface area contributed by atoms with Crippen LogP contribution in [0.1, 0.15) is 28.9 Å². The molecular formula is C25H24N4O3S. The maximum atomic E-state index is 13.1. The zero-order valence-electron chi connectivity index (χ0n) is 17.9. The Labute approximate surface area is 192 Å². The van der Waals surface area contributed by atoms with E-state index in [1.165, 1.54) is 0 Å². The summed E-state index contributed by atoms with van der Waals surface area (Å²) in [5, 5.41) is 11.6. The smallest absolute Gasteiger partial charge is 0.263 e. The first-order chi connectivity index (χ1) is 15.9. The molecule has 1 aliphatic rings. The van der Waals surface area contributed by atoms with Gasteiger partial charge in [-0.1, -0.05) is 36.4 Å². The number of fused-ring (bicyclic) bond motifs is 2. The lowest BCUT2D eigenvalue weighted by molar-refractivity contribution is 0.563. The number of hydrogen-bond acceptors (Lipinski definition) is 5. The Hall–Kier alpha value is -3.78. The highest BCUT2D eigenvalue weighted by Crippen LogP contribution is 2.31. The van der Waals surface area contributed by atoms with Gasteiger partial charge in [0.05, 0.1) is 11.4 Å². The van der Waals surface area contributed by atoms with Crippen molar-refractivity contribution >= 4 is 38.2 Å². The van der Waals surface area contributed by atoms with Crippen molar-refractivity contribution in [2.24, 2.45) is 5.73 Å². The van der Waals surface area contributed by atoms with Crippen molar-refractivity contribution in [3.05, 3.63) is 89.2 Å². The highest BCUT2D eigenvalue weighted by Gasteiger charge is 2.23. The number of nitrogens with two attached hydrogens (primary N) is 1. The van der Waals surface area contributed by atoms with Crippen LogP contribution in [0.2, 0.25) is 0 Å². The Balaban J connectivity index is 1.38. The normalized spacial score (nSPS) is 13.3. The molecule has 0 fully saturated rings. The van der Waals surface area contributed by atoms with Gasteiger partial charge in [-0.3, -0.25) is 10.1 Å². The number of anilines is 2. The van der Waals surface area contributed by atoms with Crippen molar-refractivity contribution in [1.29, 1.82) is 5.41 Å². The number of nitrogens with one attached hydrogen (secondary N) is 3. The maximum Gasteiger partial charge on any atom is 0.263 e. The lowest BCUT2D eigenvalue weighted by Crippen LogP contribution is -2.19. The van der Waals surface area contributed by atoms with E-state index in [1.807, 2.05) is 42.5 Å². The molecule has 2 heterocycles. The molecule has 0 radical (unpaired) electrons. The van der Waals surface area contributed by atoms with E-state index in [0.717, 1.165) is 41.7 Å². The summed E-state index contributed by atoms with van der Waals surface area (Å²) in [6, 6.07) is 20.1. The third-order valence-corrected chi connectivity index (χ3v) is 7.22. The van der Waals surface area contributed by atoms with Crippen molar-refractivity contribution in [3.8, 4) is 0 Å². The van der Waals surface area contributed by atoms with E-state index >= 15 is 0 Å². The summed E-state index contributed by atoms with van der Waals surface area (Å²) in [6.07, 6.45) is 2.43. The fraction of sp³-hybridized carbons (Fsp3) is 0.160. The van der Waals surface area contributed by atoms with Crippen molar-refractivity contribution in [2.45, 2.75) is 24.2 Å². The lowest BCUT2D eigenvalue weighted by Gasteiger charge is -2.21. The second-order valence-electron chi connectivity index (χ2n) is 8.18. The van der Waals surface area contributed by atoms with Crippen LogP contribution in [0.5, 0.6) is 0 Å². The highest BCUT2D eigenvalue weighted by atomic mass is 32.2. The number of aryl methyl sites for hydroxylation is 1. The van der Waals surface area contributed by atoms with Crippen LogP contribution in [-0.2, 0) is 22.9 Å². The van der Waals surface area contributed by atoms with Crippen LogP contribution in [0, 0.1) is 5.41 Å². The van der Waals surface area contributed by atoms with Gasteiger partial charge in [0, 0.05) is 30.0 Å². The molecular weight excluding hydrogens is 436 g/mol. The molecule has 0 saturated heterocycles. The first-order valence-corrected chi connectivity index (χ1v) is 12.2. The standard InChI is InChI=1S/C25H24N4O3S/c26-25(27)18-8-6-16(7-9-18)13-21-14-19-10-11-20(15-22(19)32-21)29-33(30,31)23-5-1-3-17-4-2-12-28-24(17)23/h1,3,5-11,14-15,28-29H,2,4,12-13H2,(H3,26,27).